The van der Waals surface area contributed by atoms with Crippen LogP contribution in [-0.4, -0.2) is 14.8 Å². The zero-order valence-electron chi connectivity index (χ0n) is 15.0. The van der Waals surface area contributed by atoms with Gasteiger partial charge in [0.1, 0.15) is 5.82 Å². The summed E-state index contributed by atoms with van der Waals surface area (Å²) in [4.78, 5) is 4.18. The fourth-order valence-corrected chi connectivity index (χ4v) is 2.73. The van der Waals surface area contributed by atoms with Gasteiger partial charge in [-0.3, -0.25) is 4.98 Å². The Hall–Kier alpha value is -2.62. The van der Waals surface area contributed by atoms with Gasteiger partial charge in [0.05, 0.1) is 23.3 Å². The van der Waals surface area contributed by atoms with Crippen LogP contribution in [0.15, 0.2) is 48.8 Å². The Kier molecular flexibility index (Phi) is 4.14. The van der Waals surface area contributed by atoms with Crippen LogP contribution in [0.1, 0.15) is 37.6 Å². The first-order chi connectivity index (χ1) is 11.4. The van der Waals surface area contributed by atoms with Gasteiger partial charge in [-0.15, -0.1) is 0 Å². The van der Waals surface area contributed by atoms with E-state index >= 15 is 0 Å². The molecule has 3 aromatic rings. The SMILES string of the molecule is Cc1cccc(C)c1-n1nc(C(C)(C)C)cc1Nc1cccnc1. The van der Waals surface area contributed by atoms with Gasteiger partial charge in [0, 0.05) is 17.7 Å². The molecule has 0 unspecified atom stereocenters. The molecule has 0 saturated heterocycles. The highest BCUT2D eigenvalue weighted by Gasteiger charge is 2.21. The molecule has 0 spiro atoms. The molecular formula is C20H24N4. The second-order valence-corrected chi connectivity index (χ2v) is 7.18. The molecule has 0 aliphatic carbocycles. The number of anilines is 2. The topological polar surface area (TPSA) is 42.7 Å². The Morgan fingerprint density at radius 3 is 2.29 bits per heavy atom. The summed E-state index contributed by atoms with van der Waals surface area (Å²) in [5.74, 6) is 0.949. The van der Waals surface area contributed by atoms with Crippen LogP contribution in [0.5, 0.6) is 0 Å². The number of hydrogen-bond donors (Lipinski definition) is 1. The summed E-state index contributed by atoms with van der Waals surface area (Å²) in [7, 11) is 0. The quantitative estimate of drug-likeness (QED) is 0.744. The number of aromatic nitrogens is 3. The van der Waals surface area contributed by atoms with Gasteiger partial charge in [-0.25, -0.2) is 4.68 Å². The van der Waals surface area contributed by atoms with E-state index in [1.165, 1.54) is 11.1 Å². The molecule has 2 heterocycles. The predicted octanol–water partition coefficient (Wildman–Crippen LogP) is 4.93. The molecule has 1 aromatic carbocycles. The Balaban J connectivity index is 2.15. The minimum atomic E-state index is -0.0206. The van der Waals surface area contributed by atoms with E-state index in [9.17, 15) is 0 Å². The third-order valence-electron chi connectivity index (χ3n) is 4.06. The average Bonchev–Trinajstić information content (AvgIpc) is 2.92. The largest absolute Gasteiger partial charge is 0.339 e. The van der Waals surface area contributed by atoms with Crippen molar-refractivity contribution in [2.75, 3.05) is 5.32 Å². The number of aryl methyl sites for hydroxylation is 2. The molecule has 0 fully saturated rings. The van der Waals surface area contributed by atoms with Crippen molar-refractivity contribution in [3.05, 3.63) is 65.6 Å². The van der Waals surface area contributed by atoms with Crippen LogP contribution >= 0.6 is 0 Å². The van der Waals surface area contributed by atoms with Crippen molar-refractivity contribution < 1.29 is 0 Å². The lowest BCUT2D eigenvalue weighted by atomic mass is 9.92. The summed E-state index contributed by atoms with van der Waals surface area (Å²) in [6.45, 7) is 10.8. The number of benzene rings is 1. The van der Waals surface area contributed by atoms with Crippen LogP contribution in [-0.2, 0) is 5.41 Å². The first-order valence-electron chi connectivity index (χ1n) is 8.20. The standard InChI is InChI=1S/C20H24N4/c1-14-8-6-9-15(2)19(14)24-18(12-17(23-24)20(3,4)5)22-16-10-7-11-21-13-16/h6-13,22H,1-5H3. The van der Waals surface area contributed by atoms with Gasteiger partial charge in [0.15, 0.2) is 0 Å². The van der Waals surface area contributed by atoms with E-state index in [1.54, 1.807) is 6.20 Å². The van der Waals surface area contributed by atoms with E-state index in [4.69, 9.17) is 5.10 Å². The zero-order chi connectivity index (χ0) is 17.3. The van der Waals surface area contributed by atoms with Crippen LogP contribution in [0.3, 0.4) is 0 Å². The molecule has 4 heteroatoms. The Morgan fingerprint density at radius 2 is 1.71 bits per heavy atom. The minimum absolute atomic E-state index is 0.0206. The molecular weight excluding hydrogens is 296 g/mol. The number of hydrogen-bond acceptors (Lipinski definition) is 3. The maximum absolute atomic E-state index is 4.90. The average molecular weight is 320 g/mol. The molecule has 0 atom stereocenters. The summed E-state index contributed by atoms with van der Waals surface area (Å²) >= 11 is 0. The predicted molar refractivity (Wildman–Crippen MR) is 99.3 cm³/mol. The molecule has 0 aliphatic rings. The van der Waals surface area contributed by atoms with Crippen LogP contribution in [0.4, 0.5) is 11.5 Å². The maximum atomic E-state index is 4.90. The van der Waals surface area contributed by atoms with Gasteiger partial charge in [0.25, 0.3) is 0 Å². The second kappa shape index (κ2) is 6.11. The lowest BCUT2D eigenvalue weighted by Gasteiger charge is -2.15. The van der Waals surface area contributed by atoms with E-state index in [1.807, 2.05) is 23.0 Å². The Morgan fingerprint density at radius 1 is 1.00 bits per heavy atom. The summed E-state index contributed by atoms with van der Waals surface area (Å²) in [5.41, 5.74) is 5.51. The third kappa shape index (κ3) is 3.18. The van der Waals surface area contributed by atoms with Gasteiger partial charge in [-0.05, 0) is 37.1 Å². The molecule has 0 radical (unpaired) electrons. The van der Waals surface area contributed by atoms with Gasteiger partial charge >= 0.3 is 0 Å². The smallest absolute Gasteiger partial charge is 0.134 e. The Bertz CT molecular complexity index is 822. The van der Waals surface area contributed by atoms with Crippen LogP contribution in [0.25, 0.3) is 5.69 Å². The van der Waals surface area contributed by atoms with Crippen molar-refractivity contribution in [1.82, 2.24) is 14.8 Å². The first kappa shape index (κ1) is 16.2. The number of nitrogens with zero attached hydrogens (tertiary/aromatic N) is 3. The lowest BCUT2D eigenvalue weighted by Crippen LogP contribution is -2.13. The fourth-order valence-electron chi connectivity index (χ4n) is 2.73. The summed E-state index contributed by atoms with van der Waals surface area (Å²) in [6.07, 6.45) is 3.59. The van der Waals surface area contributed by atoms with E-state index in [0.29, 0.717) is 0 Å². The number of para-hydroxylation sites is 1. The lowest BCUT2D eigenvalue weighted by molar-refractivity contribution is 0.560. The van der Waals surface area contributed by atoms with Gasteiger partial charge in [-0.2, -0.15) is 5.10 Å². The van der Waals surface area contributed by atoms with Gasteiger partial charge in [-0.1, -0.05) is 39.0 Å². The monoisotopic (exact) mass is 320 g/mol. The first-order valence-corrected chi connectivity index (χ1v) is 8.20. The summed E-state index contributed by atoms with van der Waals surface area (Å²) in [6, 6.07) is 12.4. The zero-order valence-corrected chi connectivity index (χ0v) is 15.0. The fraction of sp³-hybridized carbons (Fsp3) is 0.300. The van der Waals surface area contributed by atoms with Crippen LogP contribution < -0.4 is 5.32 Å². The molecule has 124 valence electrons. The maximum Gasteiger partial charge on any atom is 0.134 e. The van der Waals surface area contributed by atoms with Crippen molar-refractivity contribution in [1.29, 1.82) is 0 Å². The van der Waals surface area contributed by atoms with Crippen LogP contribution in [0.2, 0.25) is 0 Å². The molecule has 0 amide bonds. The Labute approximate surface area is 143 Å². The molecule has 0 bridgehead atoms. The van der Waals surface area contributed by atoms with Crippen molar-refractivity contribution >= 4 is 11.5 Å². The number of rotatable bonds is 3. The van der Waals surface area contributed by atoms with Crippen molar-refractivity contribution in [2.45, 2.75) is 40.0 Å². The van der Waals surface area contributed by atoms with Crippen molar-refractivity contribution in [2.24, 2.45) is 0 Å². The molecule has 3 rings (SSSR count). The molecule has 0 saturated carbocycles. The number of nitrogens with one attached hydrogen (secondary N) is 1. The molecule has 4 nitrogen and oxygen atoms in total. The van der Waals surface area contributed by atoms with Crippen molar-refractivity contribution in [3.8, 4) is 5.69 Å². The molecule has 24 heavy (non-hydrogen) atoms. The molecule has 1 N–H and O–H groups in total. The second-order valence-electron chi connectivity index (χ2n) is 7.18. The molecule has 2 aromatic heterocycles. The van der Waals surface area contributed by atoms with E-state index in [-0.39, 0.29) is 5.41 Å². The van der Waals surface area contributed by atoms with Crippen LogP contribution in [0, 0.1) is 13.8 Å². The highest BCUT2D eigenvalue weighted by Crippen LogP contribution is 2.30. The highest BCUT2D eigenvalue weighted by molar-refractivity contribution is 5.61. The highest BCUT2D eigenvalue weighted by atomic mass is 15.3. The summed E-state index contributed by atoms with van der Waals surface area (Å²) in [5, 5.41) is 8.36. The summed E-state index contributed by atoms with van der Waals surface area (Å²) < 4.78 is 2.01. The third-order valence-corrected chi connectivity index (χ3v) is 4.06. The molecule has 0 aliphatic heterocycles. The van der Waals surface area contributed by atoms with Gasteiger partial charge in [0.2, 0.25) is 0 Å². The normalized spacial score (nSPS) is 11.5. The van der Waals surface area contributed by atoms with E-state index in [0.717, 1.165) is 22.9 Å². The number of pyridine rings is 1. The van der Waals surface area contributed by atoms with E-state index < -0.39 is 0 Å². The van der Waals surface area contributed by atoms with Crippen molar-refractivity contribution in [3.63, 3.8) is 0 Å². The van der Waals surface area contributed by atoms with E-state index in [2.05, 4.69) is 69.2 Å². The van der Waals surface area contributed by atoms with Gasteiger partial charge < -0.3 is 5.32 Å². The minimum Gasteiger partial charge on any atom is -0.339 e.